The number of phenolic OH excluding ortho intramolecular Hbond substituents is 1. The van der Waals surface area contributed by atoms with Gasteiger partial charge in [-0.1, -0.05) is 31.8 Å². The highest BCUT2D eigenvalue weighted by atomic mass is 31.2. The van der Waals surface area contributed by atoms with Crippen LogP contribution in [0.5, 0.6) is 5.75 Å². The average molecular weight is 406 g/mol. The fourth-order valence-corrected chi connectivity index (χ4v) is 4.78. The molecule has 0 aliphatic heterocycles. The van der Waals surface area contributed by atoms with Crippen molar-refractivity contribution in [1.82, 2.24) is 0 Å². The van der Waals surface area contributed by atoms with E-state index in [9.17, 15) is 24.3 Å². The molecule has 0 unspecified atom stereocenters. The molecule has 0 saturated heterocycles. The highest BCUT2D eigenvalue weighted by Gasteiger charge is 2.43. The fourth-order valence-electron chi connectivity index (χ4n) is 4.42. The Morgan fingerprint density at radius 1 is 1.00 bits per heavy atom. The van der Waals surface area contributed by atoms with Gasteiger partial charge in [0.25, 0.3) is 0 Å². The van der Waals surface area contributed by atoms with Gasteiger partial charge in [0.1, 0.15) is 10.9 Å². The average Bonchev–Trinajstić information content (AvgIpc) is 3.33. The second-order valence-corrected chi connectivity index (χ2v) is 11.0. The van der Waals surface area contributed by atoms with Gasteiger partial charge in [-0.25, -0.2) is 0 Å². The number of phenols is 1. The third-order valence-electron chi connectivity index (χ3n) is 6.54. The normalized spacial score (nSPS) is 19.7. The molecule has 2 fully saturated rings. The molecule has 1 aromatic rings. The lowest BCUT2D eigenvalue weighted by atomic mass is 9.87. The van der Waals surface area contributed by atoms with E-state index in [4.69, 9.17) is 0 Å². The molecule has 154 valence electrons. The van der Waals surface area contributed by atoms with E-state index >= 15 is 0 Å². The van der Waals surface area contributed by atoms with Crippen LogP contribution in [0.25, 0.3) is 6.08 Å². The molecule has 3 N–H and O–H groups in total. The molecular weight excluding hydrogens is 375 g/mol. The van der Waals surface area contributed by atoms with Crippen molar-refractivity contribution in [2.75, 3.05) is 0 Å². The Balaban J connectivity index is 1.96. The fraction of sp³-hybridized carbons (Fsp3) is 0.591. The van der Waals surface area contributed by atoms with E-state index in [1.54, 1.807) is 6.08 Å². The van der Waals surface area contributed by atoms with Gasteiger partial charge >= 0.3 is 7.60 Å². The molecule has 0 atom stereocenters. The Morgan fingerprint density at radius 3 is 1.82 bits per heavy atom. The van der Waals surface area contributed by atoms with Gasteiger partial charge in [0.15, 0.2) is 5.78 Å². The molecular formula is C22H31O5P. The molecule has 0 amide bonds. The lowest BCUT2D eigenvalue weighted by Gasteiger charge is -2.22. The third-order valence-corrected chi connectivity index (χ3v) is 8.22. The number of carbonyl (C=O) groups is 1. The molecule has 6 heteroatoms. The minimum Gasteiger partial charge on any atom is -0.507 e. The highest BCUT2D eigenvalue weighted by Crippen LogP contribution is 2.51. The summed E-state index contributed by atoms with van der Waals surface area (Å²) in [5.74, 6) is 0.503. The summed E-state index contributed by atoms with van der Waals surface area (Å²) in [5, 5.41) is 9.21. The second kappa shape index (κ2) is 8.14. The minimum atomic E-state index is -4.55. The predicted octanol–water partition coefficient (Wildman–Crippen LogP) is 5.25. The summed E-state index contributed by atoms with van der Waals surface area (Å²) in [7, 11) is -4.55. The summed E-state index contributed by atoms with van der Waals surface area (Å²) >= 11 is 0. The zero-order chi connectivity index (χ0) is 20.5. The number of aromatic hydroxyl groups is 1. The van der Waals surface area contributed by atoms with Crippen LogP contribution in [0.3, 0.4) is 0 Å². The van der Waals surface area contributed by atoms with Crippen LogP contribution < -0.4 is 0 Å². The molecule has 0 bridgehead atoms. The molecule has 0 spiro atoms. The first-order valence-electron chi connectivity index (χ1n) is 10.3. The summed E-state index contributed by atoms with van der Waals surface area (Å²) in [6.45, 7) is 2.54. The van der Waals surface area contributed by atoms with E-state index in [-0.39, 0.29) is 0 Å². The maximum atomic E-state index is 12.4. The van der Waals surface area contributed by atoms with Crippen LogP contribution >= 0.6 is 7.60 Å². The van der Waals surface area contributed by atoms with Crippen LogP contribution in [0.4, 0.5) is 0 Å². The number of rotatable bonds is 6. The van der Waals surface area contributed by atoms with Crippen LogP contribution in [0.2, 0.25) is 0 Å². The van der Waals surface area contributed by atoms with E-state index in [2.05, 4.69) is 0 Å². The van der Waals surface area contributed by atoms with Crippen molar-refractivity contribution in [3.63, 3.8) is 0 Å². The van der Waals surface area contributed by atoms with E-state index < -0.39 is 18.5 Å². The van der Waals surface area contributed by atoms with Crippen LogP contribution in [0, 0.1) is 0 Å². The standard InChI is InChI=1S/C22H31O5P/c1-22(2,28(25,26)27)20(23)12-11-15-13-18(16-7-3-4-8-16)21(24)19(14-15)17-9-5-6-10-17/h11-14,16-17,24H,3-10H2,1-2H3,(H2,25,26,27). The largest absolute Gasteiger partial charge is 0.507 e. The van der Waals surface area contributed by atoms with E-state index in [1.807, 2.05) is 12.1 Å². The number of hydrogen-bond acceptors (Lipinski definition) is 3. The summed E-state index contributed by atoms with van der Waals surface area (Å²) in [4.78, 5) is 31.3. The number of ketones is 1. The van der Waals surface area contributed by atoms with Crippen molar-refractivity contribution in [3.05, 3.63) is 34.9 Å². The topological polar surface area (TPSA) is 94.8 Å². The first kappa shape index (κ1) is 21.3. The van der Waals surface area contributed by atoms with E-state index in [0.29, 0.717) is 17.6 Å². The SMILES string of the molecule is CC(C)(C(=O)C=Cc1cc(C2CCCC2)c(O)c(C2CCCC2)c1)P(=O)(O)O. The van der Waals surface area contributed by atoms with Crippen molar-refractivity contribution >= 4 is 19.5 Å². The van der Waals surface area contributed by atoms with Crippen molar-refractivity contribution in [1.29, 1.82) is 0 Å². The highest BCUT2D eigenvalue weighted by molar-refractivity contribution is 7.54. The molecule has 0 radical (unpaired) electrons. The van der Waals surface area contributed by atoms with Gasteiger partial charge in [0, 0.05) is 0 Å². The van der Waals surface area contributed by atoms with Gasteiger partial charge < -0.3 is 14.9 Å². The summed E-state index contributed by atoms with van der Waals surface area (Å²) in [6, 6.07) is 3.88. The van der Waals surface area contributed by atoms with Gasteiger partial charge in [0.2, 0.25) is 0 Å². The van der Waals surface area contributed by atoms with Crippen LogP contribution in [0.1, 0.15) is 93.7 Å². The van der Waals surface area contributed by atoms with Gasteiger partial charge in [-0.3, -0.25) is 9.36 Å². The Morgan fingerprint density at radius 2 is 1.43 bits per heavy atom. The van der Waals surface area contributed by atoms with E-state index in [0.717, 1.165) is 68.1 Å². The Hall–Kier alpha value is -1.42. The zero-order valence-corrected chi connectivity index (χ0v) is 17.6. The number of hydrogen-bond donors (Lipinski definition) is 3. The Labute approximate surface area is 167 Å². The summed E-state index contributed by atoms with van der Waals surface area (Å²) < 4.78 is 11.6. The van der Waals surface area contributed by atoms with Crippen molar-refractivity contribution in [2.24, 2.45) is 0 Å². The van der Waals surface area contributed by atoms with Gasteiger partial charge in [-0.2, -0.15) is 0 Å². The molecule has 0 aromatic heterocycles. The smallest absolute Gasteiger partial charge is 0.338 e. The zero-order valence-electron chi connectivity index (χ0n) is 16.7. The molecule has 1 aromatic carbocycles. The monoisotopic (exact) mass is 406 g/mol. The van der Waals surface area contributed by atoms with Crippen molar-refractivity contribution in [3.8, 4) is 5.75 Å². The van der Waals surface area contributed by atoms with Crippen LogP contribution in [0.15, 0.2) is 18.2 Å². The predicted molar refractivity (Wildman–Crippen MR) is 111 cm³/mol. The Kier molecular flexibility index (Phi) is 6.19. The molecule has 28 heavy (non-hydrogen) atoms. The molecule has 2 aliphatic carbocycles. The van der Waals surface area contributed by atoms with Gasteiger partial charge in [-0.05, 0) is 86.3 Å². The number of benzene rings is 1. The maximum Gasteiger partial charge on any atom is 0.338 e. The first-order valence-corrected chi connectivity index (χ1v) is 11.9. The number of allylic oxidation sites excluding steroid dienone is 1. The van der Waals surface area contributed by atoms with Crippen LogP contribution in [-0.2, 0) is 9.36 Å². The minimum absolute atomic E-state index is 0.343. The quantitative estimate of drug-likeness (QED) is 0.443. The first-order chi connectivity index (χ1) is 13.1. The van der Waals surface area contributed by atoms with Crippen molar-refractivity contribution < 1.29 is 24.3 Å². The summed E-state index contributed by atoms with van der Waals surface area (Å²) in [6.07, 6.45) is 11.8. The lowest BCUT2D eigenvalue weighted by Crippen LogP contribution is -2.29. The van der Waals surface area contributed by atoms with Crippen LogP contribution in [-0.4, -0.2) is 25.8 Å². The maximum absolute atomic E-state index is 12.4. The van der Waals surface area contributed by atoms with Gasteiger partial charge in [-0.15, -0.1) is 0 Å². The molecule has 3 rings (SSSR count). The number of carbonyl (C=O) groups excluding carboxylic acids is 1. The summed E-state index contributed by atoms with van der Waals surface area (Å²) in [5.41, 5.74) is 2.74. The van der Waals surface area contributed by atoms with Crippen molar-refractivity contribution in [2.45, 2.75) is 82.2 Å². The third kappa shape index (κ3) is 4.27. The van der Waals surface area contributed by atoms with Gasteiger partial charge in [0.05, 0.1) is 0 Å². The molecule has 2 saturated carbocycles. The molecule has 0 heterocycles. The molecule has 5 nitrogen and oxygen atoms in total. The Bertz CT molecular complexity index is 771. The lowest BCUT2D eigenvalue weighted by molar-refractivity contribution is -0.116. The second-order valence-electron chi connectivity index (χ2n) is 8.81. The van der Waals surface area contributed by atoms with E-state index in [1.165, 1.54) is 19.9 Å². The molecule has 2 aliphatic rings.